The Balaban J connectivity index is 0. The molecule has 0 aromatic rings. The number of hydrogen-bond acceptors (Lipinski definition) is 4. The average Bonchev–Trinajstić information content (AvgIpc) is 2.70. The first-order chi connectivity index (χ1) is 15.3. The summed E-state index contributed by atoms with van der Waals surface area (Å²) in [6, 6.07) is 0. The zero-order valence-corrected chi connectivity index (χ0v) is 23.2. The maximum atomic E-state index is 12.3. The molecule has 0 rings (SSSR count). The fraction of sp³-hybridized carbons (Fsp3) is 0.926. The molecule has 33 heavy (non-hydrogen) atoms. The van der Waals surface area contributed by atoms with Crippen LogP contribution in [0.1, 0.15) is 123 Å². The van der Waals surface area contributed by atoms with Gasteiger partial charge in [0.15, 0.2) is 6.10 Å². The Morgan fingerprint density at radius 2 is 1.12 bits per heavy atom. The average molecular weight is 492 g/mol. The Morgan fingerprint density at radius 3 is 1.61 bits per heavy atom. The van der Waals surface area contributed by atoms with Crippen LogP contribution < -0.4 is 12.4 Å². The van der Waals surface area contributed by atoms with Crippen LogP contribution >= 0.6 is 0 Å². The molecule has 0 aromatic heterocycles. The summed E-state index contributed by atoms with van der Waals surface area (Å²) in [7, 11) is 6.12. The zero-order valence-electron chi connectivity index (χ0n) is 22.5. The molecule has 0 aromatic carbocycles. The fourth-order valence-electron chi connectivity index (χ4n) is 3.89. The standard InChI is InChI=1S/C27H54NO4.ClH/c1-6-8-10-12-13-14-15-16-17-18-20-22-31-27(30)23-25(24-28(3,4)5)32-26(29)21-19-11-9-7-2;/h25H,6-24H2,1-5H3;1H/q+1;/p-1/t25-;/m1./s1. The first-order valence-corrected chi connectivity index (χ1v) is 13.4. The highest BCUT2D eigenvalue weighted by molar-refractivity contribution is 5.72. The highest BCUT2D eigenvalue weighted by atomic mass is 35.5. The topological polar surface area (TPSA) is 52.6 Å². The lowest BCUT2D eigenvalue weighted by Gasteiger charge is -2.28. The van der Waals surface area contributed by atoms with E-state index in [1.807, 2.05) is 21.1 Å². The van der Waals surface area contributed by atoms with Gasteiger partial charge in [0.1, 0.15) is 6.54 Å². The molecule has 1 atom stereocenters. The third kappa shape index (κ3) is 25.6. The summed E-state index contributed by atoms with van der Waals surface area (Å²) < 4.78 is 11.7. The number of carbonyl (C=O) groups is 2. The van der Waals surface area contributed by atoms with Gasteiger partial charge in [-0.25, -0.2) is 0 Å². The van der Waals surface area contributed by atoms with Crippen LogP contribution in [0.25, 0.3) is 0 Å². The first kappa shape index (κ1) is 34.4. The number of ether oxygens (including phenoxy) is 2. The van der Waals surface area contributed by atoms with Gasteiger partial charge in [0.25, 0.3) is 0 Å². The number of esters is 2. The van der Waals surface area contributed by atoms with E-state index in [1.165, 1.54) is 57.8 Å². The molecule has 5 nitrogen and oxygen atoms in total. The maximum Gasteiger partial charge on any atom is 0.309 e. The molecule has 0 aliphatic heterocycles. The predicted octanol–water partition coefficient (Wildman–Crippen LogP) is 3.82. The van der Waals surface area contributed by atoms with E-state index in [-0.39, 0.29) is 30.8 Å². The second-order valence-electron chi connectivity index (χ2n) is 10.4. The number of likely N-dealkylation sites (N-methyl/N-ethyl adjacent to an activating group) is 1. The number of carbonyl (C=O) groups excluding carboxylic acids is 2. The molecular formula is C27H54ClNO4. The van der Waals surface area contributed by atoms with Gasteiger partial charge in [-0.2, -0.15) is 0 Å². The predicted molar refractivity (Wildman–Crippen MR) is 134 cm³/mol. The van der Waals surface area contributed by atoms with E-state index in [0.29, 0.717) is 24.1 Å². The van der Waals surface area contributed by atoms with E-state index in [1.54, 1.807) is 0 Å². The van der Waals surface area contributed by atoms with Crippen LogP contribution in [0.3, 0.4) is 0 Å². The molecule has 0 unspecified atom stereocenters. The van der Waals surface area contributed by atoms with E-state index < -0.39 is 6.10 Å². The summed E-state index contributed by atoms with van der Waals surface area (Å²) in [5, 5.41) is 0. The van der Waals surface area contributed by atoms with Crippen LogP contribution in [-0.2, 0) is 19.1 Å². The minimum Gasteiger partial charge on any atom is -1.00 e. The fourth-order valence-corrected chi connectivity index (χ4v) is 3.89. The van der Waals surface area contributed by atoms with Crippen molar-refractivity contribution in [2.45, 2.75) is 129 Å². The Morgan fingerprint density at radius 1 is 0.667 bits per heavy atom. The normalized spacial score (nSPS) is 12.2. The van der Waals surface area contributed by atoms with Gasteiger partial charge in [-0.15, -0.1) is 0 Å². The van der Waals surface area contributed by atoms with Gasteiger partial charge < -0.3 is 26.4 Å². The smallest absolute Gasteiger partial charge is 0.309 e. The lowest BCUT2D eigenvalue weighted by molar-refractivity contribution is -0.873. The van der Waals surface area contributed by atoms with Gasteiger partial charge in [0, 0.05) is 6.42 Å². The molecule has 0 N–H and O–H groups in total. The van der Waals surface area contributed by atoms with E-state index in [4.69, 9.17) is 9.47 Å². The molecule has 0 aliphatic carbocycles. The summed E-state index contributed by atoms with van der Waals surface area (Å²) in [4.78, 5) is 24.5. The molecule has 0 saturated carbocycles. The van der Waals surface area contributed by atoms with Crippen LogP contribution in [0, 0.1) is 0 Å². The van der Waals surface area contributed by atoms with Crippen molar-refractivity contribution >= 4 is 11.9 Å². The summed E-state index contributed by atoms with van der Waals surface area (Å²) in [5.74, 6) is -0.452. The minimum absolute atomic E-state index is 0. The van der Waals surface area contributed by atoms with Gasteiger partial charge >= 0.3 is 11.9 Å². The second-order valence-corrected chi connectivity index (χ2v) is 10.4. The molecule has 198 valence electrons. The van der Waals surface area contributed by atoms with Crippen molar-refractivity contribution in [1.29, 1.82) is 0 Å². The van der Waals surface area contributed by atoms with Crippen LogP contribution in [0.5, 0.6) is 0 Å². The molecule has 6 heteroatoms. The lowest BCUT2D eigenvalue weighted by Crippen LogP contribution is -3.00. The monoisotopic (exact) mass is 491 g/mol. The number of nitrogens with zero attached hydrogens (tertiary/aromatic N) is 1. The molecule has 0 spiro atoms. The van der Waals surface area contributed by atoms with Crippen molar-refractivity contribution in [2.24, 2.45) is 0 Å². The van der Waals surface area contributed by atoms with E-state index in [2.05, 4.69) is 13.8 Å². The SMILES string of the molecule is CCCCCCCCCCCCCOC(=O)C[C@H](C[N+](C)(C)C)OC(=O)CCCCCC.[Cl-]. The summed E-state index contributed by atoms with van der Waals surface area (Å²) in [6.45, 7) is 5.48. The number of halogens is 1. The maximum absolute atomic E-state index is 12.3. The highest BCUT2D eigenvalue weighted by Gasteiger charge is 2.25. The summed E-state index contributed by atoms with van der Waals surface area (Å²) in [6.07, 6.45) is 18.4. The van der Waals surface area contributed by atoms with Crippen molar-refractivity contribution in [3.8, 4) is 0 Å². The van der Waals surface area contributed by atoms with Gasteiger partial charge in [-0.05, 0) is 12.8 Å². The van der Waals surface area contributed by atoms with Gasteiger partial charge in [0.05, 0.1) is 34.2 Å². The second kappa shape index (κ2) is 23.0. The lowest BCUT2D eigenvalue weighted by atomic mass is 10.1. The van der Waals surface area contributed by atoms with Crippen molar-refractivity contribution in [3.05, 3.63) is 0 Å². The van der Waals surface area contributed by atoms with Crippen LogP contribution in [-0.4, -0.2) is 56.8 Å². The molecule has 0 saturated heterocycles. The van der Waals surface area contributed by atoms with E-state index >= 15 is 0 Å². The van der Waals surface area contributed by atoms with Gasteiger partial charge in [0.2, 0.25) is 0 Å². The van der Waals surface area contributed by atoms with Gasteiger partial charge in [-0.1, -0.05) is 97.3 Å². The van der Waals surface area contributed by atoms with E-state index in [9.17, 15) is 9.59 Å². The van der Waals surface area contributed by atoms with Crippen molar-refractivity contribution in [2.75, 3.05) is 34.3 Å². The quantitative estimate of drug-likeness (QED) is 0.131. The minimum atomic E-state index is -0.418. The first-order valence-electron chi connectivity index (χ1n) is 13.4. The summed E-state index contributed by atoms with van der Waals surface area (Å²) in [5.41, 5.74) is 0. The number of unbranched alkanes of at least 4 members (excludes halogenated alkanes) is 13. The highest BCUT2D eigenvalue weighted by Crippen LogP contribution is 2.13. The van der Waals surface area contributed by atoms with Crippen molar-refractivity contribution in [1.82, 2.24) is 0 Å². The third-order valence-electron chi connectivity index (χ3n) is 5.69. The van der Waals surface area contributed by atoms with Crippen molar-refractivity contribution in [3.63, 3.8) is 0 Å². The van der Waals surface area contributed by atoms with Crippen molar-refractivity contribution < 1.29 is 36.0 Å². The number of rotatable bonds is 22. The van der Waals surface area contributed by atoms with Crippen LogP contribution in [0.4, 0.5) is 0 Å². The molecule has 0 aliphatic rings. The Hall–Kier alpha value is -0.810. The summed E-state index contributed by atoms with van der Waals surface area (Å²) >= 11 is 0. The molecule has 0 radical (unpaired) electrons. The molecule has 0 bridgehead atoms. The Bertz CT molecular complexity index is 466. The zero-order chi connectivity index (χ0) is 24.1. The van der Waals surface area contributed by atoms with Crippen LogP contribution in [0.15, 0.2) is 0 Å². The number of hydrogen-bond donors (Lipinski definition) is 0. The molecule has 0 heterocycles. The van der Waals surface area contributed by atoms with Gasteiger partial charge in [-0.3, -0.25) is 9.59 Å². The molecule has 0 fully saturated rings. The van der Waals surface area contributed by atoms with Crippen LogP contribution in [0.2, 0.25) is 0 Å². The molecular weight excluding hydrogens is 438 g/mol. The Labute approximate surface area is 211 Å². The third-order valence-corrected chi connectivity index (χ3v) is 5.69. The largest absolute Gasteiger partial charge is 1.00 e. The molecule has 0 amide bonds. The number of quaternary nitrogens is 1. The Kier molecular flexibility index (Phi) is 23.9. The van der Waals surface area contributed by atoms with E-state index in [0.717, 1.165) is 38.5 Å².